The second-order valence-corrected chi connectivity index (χ2v) is 4.97. The Morgan fingerprint density at radius 3 is 2.38 bits per heavy atom. The van der Waals surface area contributed by atoms with Gasteiger partial charge in [-0.05, 0) is 18.8 Å². The maximum Gasteiger partial charge on any atom is 0.0753 e. The SMILES string of the molecule is CCCCC(CC)COC(CC)CC(N)=S. The molecule has 0 aromatic rings. The van der Waals surface area contributed by atoms with Crippen LogP contribution >= 0.6 is 12.2 Å². The van der Waals surface area contributed by atoms with E-state index in [-0.39, 0.29) is 6.10 Å². The van der Waals surface area contributed by atoms with Crippen molar-refractivity contribution in [2.24, 2.45) is 11.7 Å². The minimum absolute atomic E-state index is 0.216. The van der Waals surface area contributed by atoms with Gasteiger partial charge in [-0.15, -0.1) is 0 Å². The lowest BCUT2D eigenvalue weighted by Gasteiger charge is -2.20. The summed E-state index contributed by atoms with van der Waals surface area (Å²) in [6.07, 6.45) is 6.96. The molecule has 0 rings (SSSR count). The summed E-state index contributed by atoms with van der Waals surface area (Å²) in [6, 6.07) is 0. The molecule has 2 unspecified atom stereocenters. The maximum atomic E-state index is 5.88. The number of thiocarbonyl (C=S) groups is 1. The van der Waals surface area contributed by atoms with Crippen LogP contribution < -0.4 is 5.73 Å². The molecular weight excluding hydrogens is 218 g/mol. The van der Waals surface area contributed by atoms with Crippen LogP contribution in [0.5, 0.6) is 0 Å². The van der Waals surface area contributed by atoms with Gasteiger partial charge in [-0.3, -0.25) is 0 Å². The van der Waals surface area contributed by atoms with Gasteiger partial charge in [0.05, 0.1) is 11.1 Å². The van der Waals surface area contributed by atoms with Gasteiger partial charge in [-0.25, -0.2) is 0 Å². The Balaban J connectivity index is 3.82. The molecule has 0 bridgehead atoms. The molecule has 3 heteroatoms. The number of nitrogens with two attached hydrogens (primary N) is 1. The van der Waals surface area contributed by atoms with E-state index in [2.05, 4.69) is 20.8 Å². The van der Waals surface area contributed by atoms with E-state index in [9.17, 15) is 0 Å². The minimum atomic E-state index is 0.216. The first-order valence-corrected chi connectivity index (χ1v) is 6.94. The highest BCUT2D eigenvalue weighted by Crippen LogP contribution is 2.15. The van der Waals surface area contributed by atoms with Crippen molar-refractivity contribution in [2.75, 3.05) is 6.61 Å². The van der Waals surface area contributed by atoms with Crippen LogP contribution in [0.1, 0.15) is 59.3 Å². The average molecular weight is 245 g/mol. The molecule has 0 amide bonds. The molecule has 0 spiro atoms. The number of ether oxygens (including phenoxy) is 1. The van der Waals surface area contributed by atoms with Crippen molar-refractivity contribution in [3.63, 3.8) is 0 Å². The normalized spacial score (nSPS) is 14.7. The largest absolute Gasteiger partial charge is 0.393 e. The molecule has 0 saturated carbocycles. The summed E-state index contributed by atoms with van der Waals surface area (Å²) in [5.41, 5.74) is 5.54. The molecule has 0 aliphatic rings. The Bertz CT molecular complexity index is 185. The number of hydrogen-bond acceptors (Lipinski definition) is 2. The highest BCUT2D eigenvalue weighted by Gasteiger charge is 2.12. The standard InChI is InChI=1S/C13H27NOS/c1-4-7-8-11(5-2)10-15-12(6-3)9-13(14)16/h11-12H,4-10H2,1-3H3,(H2,14,16). The summed E-state index contributed by atoms with van der Waals surface area (Å²) in [5, 5.41) is 0. The summed E-state index contributed by atoms with van der Waals surface area (Å²) in [6.45, 7) is 7.45. The Labute approximate surface area is 106 Å². The molecule has 0 radical (unpaired) electrons. The van der Waals surface area contributed by atoms with E-state index in [0.717, 1.165) is 19.4 Å². The monoisotopic (exact) mass is 245 g/mol. The van der Waals surface area contributed by atoms with E-state index in [0.29, 0.717) is 10.9 Å². The van der Waals surface area contributed by atoms with Gasteiger partial charge in [0.25, 0.3) is 0 Å². The quantitative estimate of drug-likeness (QED) is 0.596. The molecule has 0 fully saturated rings. The number of rotatable bonds is 10. The van der Waals surface area contributed by atoms with Crippen molar-refractivity contribution >= 4 is 17.2 Å². The fourth-order valence-electron chi connectivity index (χ4n) is 1.72. The van der Waals surface area contributed by atoms with Gasteiger partial charge < -0.3 is 10.5 Å². The maximum absolute atomic E-state index is 5.88. The fraction of sp³-hybridized carbons (Fsp3) is 0.923. The minimum Gasteiger partial charge on any atom is -0.393 e. The lowest BCUT2D eigenvalue weighted by Crippen LogP contribution is -2.23. The van der Waals surface area contributed by atoms with Crippen LogP contribution in [0.4, 0.5) is 0 Å². The summed E-state index contributed by atoms with van der Waals surface area (Å²) in [4.78, 5) is 0.563. The first-order valence-electron chi connectivity index (χ1n) is 6.53. The third-order valence-electron chi connectivity index (χ3n) is 3.00. The first-order chi connectivity index (χ1) is 7.63. The fourth-order valence-corrected chi connectivity index (χ4v) is 1.90. The molecule has 0 aliphatic heterocycles. The van der Waals surface area contributed by atoms with Gasteiger partial charge in [0.1, 0.15) is 0 Å². The van der Waals surface area contributed by atoms with E-state index >= 15 is 0 Å². The summed E-state index contributed by atoms with van der Waals surface area (Å²) in [5.74, 6) is 0.695. The van der Waals surface area contributed by atoms with Crippen molar-refractivity contribution in [3.05, 3.63) is 0 Å². The highest BCUT2D eigenvalue weighted by atomic mass is 32.1. The van der Waals surface area contributed by atoms with Crippen molar-refractivity contribution in [1.82, 2.24) is 0 Å². The first kappa shape index (κ1) is 15.9. The molecule has 2 nitrogen and oxygen atoms in total. The number of hydrogen-bond donors (Lipinski definition) is 1. The van der Waals surface area contributed by atoms with Crippen molar-refractivity contribution < 1.29 is 4.74 Å². The van der Waals surface area contributed by atoms with Gasteiger partial charge in [0, 0.05) is 13.0 Å². The molecule has 2 atom stereocenters. The van der Waals surface area contributed by atoms with Crippen LogP contribution in [0.2, 0.25) is 0 Å². The second-order valence-electron chi connectivity index (χ2n) is 4.45. The van der Waals surface area contributed by atoms with Crippen LogP contribution in [-0.4, -0.2) is 17.7 Å². The van der Waals surface area contributed by atoms with E-state index in [1.807, 2.05) is 0 Å². The Morgan fingerprint density at radius 1 is 1.25 bits per heavy atom. The van der Waals surface area contributed by atoms with Gasteiger partial charge in [0.15, 0.2) is 0 Å². The summed E-state index contributed by atoms with van der Waals surface area (Å²) >= 11 is 4.91. The number of unbranched alkanes of at least 4 members (excludes halogenated alkanes) is 1. The van der Waals surface area contributed by atoms with E-state index in [1.165, 1.54) is 25.7 Å². The molecule has 2 N–H and O–H groups in total. The smallest absolute Gasteiger partial charge is 0.0753 e. The Morgan fingerprint density at radius 2 is 1.94 bits per heavy atom. The molecule has 0 aromatic carbocycles. The van der Waals surface area contributed by atoms with Gasteiger partial charge in [-0.1, -0.05) is 52.3 Å². The van der Waals surface area contributed by atoms with Crippen molar-refractivity contribution in [2.45, 2.75) is 65.4 Å². The molecule has 0 saturated heterocycles. The van der Waals surface area contributed by atoms with Gasteiger partial charge >= 0.3 is 0 Å². The van der Waals surface area contributed by atoms with Crippen LogP contribution in [0.15, 0.2) is 0 Å². The molecule has 96 valence electrons. The van der Waals surface area contributed by atoms with E-state index < -0.39 is 0 Å². The summed E-state index contributed by atoms with van der Waals surface area (Å²) < 4.78 is 5.88. The predicted molar refractivity (Wildman–Crippen MR) is 74.7 cm³/mol. The zero-order valence-electron chi connectivity index (χ0n) is 11.0. The van der Waals surface area contributed by atoms with Gasteiger partial charge in [0.2, 0.25) is 0 Å². The topological polar surface area (TPSA) is 35.2 Å². The molecular formula is C13H27NOS. The predicted octanol–water partition coefficient (Wildman–Crippen LogP) is 3.67. The Hall–Kier alpha value is -0.150. The zero-order valence-corrected chi connectivity index (χ0v) is 11.8. The lowest BCUT2D eigenvalue weighted by molar-refractivity contribution is 0.0281. The third kappa shape index (κ3) is 8.05. The molecule has 0 aliphatic carbocycles. The average Bonchev–Trinajstić information content (AvgIpc) is 2.27. The van der Waals surface area contributed by atoms with Crippen molar-refractivity contribution in [1.29, 1.82) is 0 Å². The van der Waals surface area contributed by atoms with E-state index in [4.69, 9.17) is 22.7 Å². The van der Waals surface area contributed by atoms with Gasteiger partial charge in [-0.2, -0.15) is 0 Å². The summed E-state index contributed by atoms with van der Waals surface area (Å²) in [7, 11) is 0. The lowest BCUT2D eigenvalue weighted by atomic mass is 10.0. The Kier molecular flexibility index (Phi) is 9.94. The highest BCUT2D eigenvalue weighted by molar-refractivity contribution is 7.80. The van der Waals surface area contributed by atoms with Crippen molar-refractivity contribution in [3.8, 4) is 0 Å². The molecule has 0 aromatic heterocycles. The molecule has 16 heavy (non-hydrogen) atoms. The van der Waals surface area contributed by atoms with Crippen LogP contribution in [-0.2, 0) is 4.74 Å². The van der Waals surface area contributed by atoms with Crippen LogP contribution in [0, 0.1) is 5.92 Å². The van der Waals surface area contributed by atoms with Crippen LogP contribution in [0.3, 0.4) is 0 Å². The third-order valence-corrected chi connectivity index (χ3v) is 3.16. The molecule has 0 heterocycles. The second kappa shape index (κ2) is 10.0. The van der Waals surface area contributed by atoms with Crippen LogP contribution in [0.25, 0.3) is 0 Å². The van der Waals surface area contributed by atoms with E-state index in [1.54, 1.807) is 0 Å². The zero-order chi connectivity index (χ0) is 12.4.